The molecule has 26 heavy (non-hydrogen) atoms. The average molecular weight is 379 g/mol. The molecule has 4 nitrogen and oxygen atoms in total. The largest absolute Gasteiger partial charge is 0.469 e. The molecule has 0 bridgehead atoms. The normalized spacial score (nSPS) is 11.7. The van der Waals surface area contributed by atoms with E-state index in [1.165, 1.54) is 23.9 Å². The molecule has 0 unspecified atom stereocenters. The highest BCUT2D eigenvalue weighted by Crippen LogP contribution is 2.35. The number of halogens is 3. The molecule has 2 heterocycles. The Bertz CT molecular complexity index is 915. The Balaban J connectivity index is 1.89. The molecule has 3 aromatic rings. The van der Waals surface area contributed by atoms with E-state index in [2.05, 4.69) is 16.8 Å². The van der Waals surface area contributed by atoms with Crippen LogP contribution in [0.2, 0.25) is 0 Å². The van der Waals surface area contributed by atoms with Gasteiger partial charge >= 0.3 is 6.18 Å². The highest BCUT2D eigenvalue weighted by Gasteiger charge is 2.33. The van der Waals surface area contributed by atoms with Crippen molar-refractivity contribution in [3.05, 3.63) is 66.1 Å². The van der Waals surface area contributed by atoms with Crippen LogP contribution in [-0.2, 0) is 18.5 Å². The molecule has 0 fully saturated rings. The van der Waals surface area contributed by atoms with Crippen molar-refractivity contribution in [2.45, 2.75) is 30.6 Å². The van der Waals surface area contributed by atoms with E-state index in [4.69, 9.17) is 4.42 Å². The van der Waals surface area contributed by atoms with Crippen LogP contribution in [0.5, 0.6) is 0 Å². The number of nitrogens with zero attached hydrogens (tertiary/aromatic N) is 3. The summed E-state index contributed by atoms with van der Waals surface area (Å²) in [7, 11) is 0. The van der Waals surface area contributed by atoms with Crippen molar-refractivity contribution in [2.24, 2.45) is 0 Å². The quantitative estimate of drug-likeness (QED) is 0.428. The van der Waals surface area contributed by atoms with Crippen molar-refractivity contribution in [2.75, 3.05) is 0 Å². The monoisotopic (exact) mass is 379 g/mol. The van der Waals surface area contributed by atoms with E-state index >= 15 is 0 Å². The summed E-state index contributed by atoms with van der Waals surface area (Å²) in [6, 6.07) is 7.33. The van der Waals surface area contributed by atoms with Crippen molar-refractivity contribution >= 4 is 11.8 Å². The van der Waals surface area contributed by atoms with E-state index in [1.807, 2.05) is 11.5 Å². The Morgan fingerprint density at radius 3 is 2.65 bits per heavy atom. The number of benzene rings is 1. The smallest absolute Gasteiger partial charge is 0.416 e. The average Bonchev–Trinajstić information content (AvgIpc) is 3.19. The summed E-state index contributed by atoms with van der Waals surface area (Å²) in [6.07, 6.45) is -1.13. The van der Waals surface area contributed by atoms with Gasteiger partial charge in [-0.2, -0.15) is 13.2 Å². The molecule has 0 aliphatic heterocycles. The van der Waals surface area contributed by atoms with Gasteiger partial charge in [0.15, 0.2) is 11.0 Å². The van der Waals surface area contributed by atoms with Gasteiger partial charge in [0.05, 0.1) is 17.4 Å². The minimum atomic E-state index is -4.38. The molecule has 0 spiro atoms. The molecule has 0 aliphatic carbocycles. The fraction of sp³-hybridized carbons (Fsp3) is 0.222. The summed E-state index contributed by atoms with van der Waals surface area (Å²) in [5.74, 6) is 1.43. The predicted molar refractivity (Wildman–Crippen MR) is 93.7 cm³/mol. The molecule has 3 rings (SSSR count). The first-order valence-corrected chi connectivity index (χ1v) is 8.77. The van der Waals surface area contributed by atoms with E-state index in [1.54, 1.807) is 24.5 Å². The van der Waals surface area contributed by atoms with Crippen LogP contribution in [0, 0.1) is 6.92 Å². The van der Waals surface area contributed by atoms with E-state index in [0.717, 1.165) is 11.6 Å². The van der Waals surface area contributed by atoms with Gasteiger partial charge in [0.1, 0.15) is 5.76 Å². The standard InChI is InChI=1S/C18H16F3N3OS/c1-3-9-24-16(14-8-10-25-12(14)2)22-23-17(24)26-11-13-6-4-5-7-15(13)18(19,20)21/h3-8,10H,1,9,11H2,2H3. The molecule has 0 atom stereocenters. The molecular formula is C18H16F3N3OS. The van der Waals surface area contributed by atoms with Crippen LogP contribution < -0.4 is 0 Å². The minimum Gasteiger partial charge on any atom is -0.469 e. The molecule has 136 valence electrons. The lowest BCUT2D eigenvalue weighted by molar-refractivity contribution is -0.138. The van der Waals surface area contributed by atoms with Gasteiger partial charge in [-0.05, 0) is 24.6 Å². The molecule has 0 saturated heterocycles. The molecule has 0 aliphatic rings. The first-order chi connectivity index (χ1) is 12.4. The number of thioether (sulfide) groups is 1. The third kappa shape index (κ3) is 3.70. The van der Waals surface area contributed by atoms with Crippen LogP contribution in [0.15, 0.2) is 58.8 Å². The molecule has 2 aromatic heterocycles. The summed E-state index contributed by atoms with van der Waals surface area (Å²) in [5.41, 5.74) is 0.370. The van der Waals surface area contributed by atoms with E-state index < -0.39 is 11.7 Å². The summed E-state index contributed by atoms with van der Waals surface area (Å²) in [6.45, 7) is 5.98. The number of rotatable bonds is 6. The zero-order valence-electron chi connectivity index (χ0n) is 14.0. The maximum Gasteiger partial charge on any atom is 0.416 e. The summed E-state index contributed by atoms with van der Waals surface area (Å²) in [5, 5.41) is 8.85. The van der Waals surface area contributed by atoms with Gasteiger partial charge < -0.3 is 4.42 Å². The Morgan fingerprint density at radius 2 is 2.00 bits per heavy atom. The maximum absolute atomic E-state index is 13.1. The number of alkyl halides is 3. The van der Waals surface area contributed by atoms with Gasteiger partial charge in [-0.25, -0.2) is 0 Å². The SMILES string of the molecule is C=CCn1c(SCc2ccccc2C(F)(F)F)nnc1-c1ccoc1C. The maximum atomic E-state index is 13.1. The van der Waals surface area contributed by atoms with Crippen molar-refractivity contribution in [3.8, 4) is 11.4 Å². The summed E-state index contributed by atoms with van der Waals surface area (Å²) in [4.78, 5) is 0. The third-order valence-corrected chi connectivity index (χ3v) is 4.82. The van der Waals surface area contributed by atoms with Gasteiger partial charge in [-0.3, -0.25) is 4.57 Å². The first kappa shape index (κ1) is 18.3. The Labute approximate surface area is 152 Å². The lowest BCUT2D eigenvalue weighted by atomic mass is 10.1. The lowest BCUT2D eigenvalue weighted by Gasteiger charge is -2.12. The highest BCUT2D eigenvalue weighted by molar-refractivity contribution is 7.98. The highest BCUT2D eigenvalue weighted by atomic mass is 32.2. The van der Waals surface area contributed by atoms with Gasteiger partial charge in [-0.15, -0.1) is 16.8 Å². The van der Waals surface area contributed by atoms with Gasteiger partial charge in [0, 0.05) is 12.3 Å². The summed E-state index contributed by atoms with van der Waals surface area (Å²) < 4.78 is 46.5. The van der Waals surface area contributed by atoms with Gasteiger partial charge in [0.2, 0.25) is 0 Å². The van der Waals surface area contributed by atoms with Crippen molar-refractivity contribution in [1.82, 2.24) is 14.8 Å². The second kappa shape index (κ2) is 7.41. The van der Waals surface area contributed by atoms with E-state index in [0.29, 0.717) is 23.3 Å². The van der Waals surface area contributed by atoms with Crippen molar-refractivity contribution in [1.29, 1.82) is 0 Å². The predicted octanol–water partition coefficient (Wildman–Crippen LogP) is 5.34. The van der Waals surface area contributed by atoms with E-state index in [9.17, 15) is 13.2 Å². The topological polar surface area (TPSA) is 43.9 Å². The second-order valence-corrected chi connectivity index (χ2v) is 6.48. The fourth-order valence-electron chi connectivity index (χ4n) is 2.57. The molecule has 0 amide bonds. The van der Waals surface area contributed by atoms with Gasteiger partial charge in [0.25, 0.3) is 0 Å². The Hall–Kier alpha value is -2.48. The molecule has 0 N–H and O–H groups in total. The van der Waals surface area contributed by atoms with Crippen LogP contribution in [0.25, 0.3) is 11.4 Å². The first-order valence-electron chi connectivity index (χ1n) is 7.78. The van der Waals surface area contributed by atoms with Gasteiger partial charge in [-0.1, -0.05) is 36.0 Å². The van der Waals surface area contributed by atoms with Crippen molar-refractivity contribution < 1.29 is 17.6 Å². The molecule has 8 heteroatoms. The molecular weight excluding hydrogens is 363 g/mol. The molecule has 0 saturated carbocycles. The Kier molecular flexibility index (Phi) is 5.22. The van der Waals surface area contributed by atoms with Crippen LogP contribution in [0.1, 0.15) is 16.9 Å². The van der Waals surface area contributed by atoms with E-state index in [-0.39, 0.29) is 11.3 Å². The van der Waals surface area contributed by atoms with Crippen molar-refractivity contribution in [3.63, 3.8) is 0 Å². The number of allylic oxidation sites excluding steroid dienone is 1. The zero-order chi connectivity index (χ0) is 18.7. The molecule has 1 aromatic carbocycles. The minimum absolute atomic E-state index is 0.134. The summed E-state index contributed by atoms with van der Waals surface area (Å²) >= 11 is 1.21. The number of aromatic nitrogens is 3. The van der Waals surface area contributed by atoms with Crippen LogP contribution in [0.4, 0.5) is 13.2 Å². The van der Waals surface area contributed by atoms with Crippen LogP contribution in [0.3, 0.4) is 0 Å². The molecule has 0 radical (unpaired) electrons. The third-order valence-electron chi connectivity index (χ3n) is 3.81. The second-order valence-electron chi connectivity index (χ2n) is 5.54. The fourth-order valence-corrected chi connectivity index (χ4v) is 3.52. The zero-order valence-corrected chi connectivity index (χ0v) is 14.8. The Morgan fingerprint density at radius 1 is 1.23 bits per heavy atom. The number of hydrogen-bond donors (Lipinski definition) is 0. The van der Waals surface area contributed by atoms with Crippen LogP contribution in [-0.4, -0.2) is 14.8 Å². The number of hydrogen-bond acceptors (Lipinski definition) is 4. The number of aryl methyl sites for hydroxylation is 1. The van der Waals surface area contributed by atoms with Crippen LogP contribution >= 0.6 is 11.8 Å². The number of furan rings is 1. The lowest BCUT2D eigenvalue weighted by Crippen LogP contribution is -2.08.